The average Bonchev–Trinajstić information content (AvgIpc) is 2.94. The van der Waals surface area contributed by atoms with Crippen LogP contribution in [-0.2, 0) is 11.3 Å². The Labute approximate surface area is 111 Å². The second-order valence-electron chi connectivity index (χ2n) is 4.77. The first-order valence-corrected chi connectivity index (χ1v) is 6.61. The molecule has 1 saturated heterocycles. The van der Waals surface area contributed by atoms with Crippen LogP contribution in [0.1, 0.15) is 12.8 Å². The van der Waals surface area contributed by atoms with Gasteiger partial charge in [-0.2, -0.15) is 0 Å². The topological polar surface area (TPSA) is 53.1 Å². The van der Waals surface area contributed by atoms with E-state index in [1.165, 1.54) is 0 Å². The maximum Gasteiger partial charge on any atom is 0.201 e. The van der Waals surface area contributed by atoms with E-state index < -0.39 is 0 Å². The highest BCUT2D eigenvalue weighted by atomic mass is 35.5. The Morgan fingerprint density at radius 2 is 2.39 bits per heavy atom. The summed E-state index contributed by atoms with van der Waals surface area (Å²) in [6.45, 7) is 2.63. The molecule has 1 atom stereocenters. The van der Waals surface area contributed by atoms with Gasteiger partial charge in [-0.25, -0.2) is 4.98 Å². The first-order valence-electron chi connectivity index (χ1n) is 6.23. The number of aromatic nitrogens is 2. The van der Waals surface area contributed by atoms with Gasteiger partial charge in [-0.05, 0) is 37.0 Å². The molecule has 0 amide bonds. The van der Waals surface area contributed by atoms with Crippen molar-refractivity contribution in [3.8, 4) is 0 Å². The second kappa shape index (κ2) is 4.78. The fraction of sp³-hybridized carbons (Fsp3) is 0.462. The number of hydrogen-bond acceptors (Lipinski definition) is 3. The van der Waals surface area contributed by atoms with Crippen molar-refractivity contribution in [2.75, 3.05) is 18.9 Å². The van der Waals surface area contributed by atoms with Crippen LogP contribution in [-0.4, -0.2) is 22.8 Å². The number of nitrogens with two attached hydrogens (primary N) is 1. The molecule has 0 bridgehead atoms. The molecule has 0 spiro atoms. The van der Waals surface area contributed by atoms with Gasteiger partial charge in [-0.3, -0.25) is 0 Å². The van der Waals surface area contributed by atoms with Crippen molar-refractivity contribution >= 4 is 28.6 Å². The predicted molar refractivity (Wildman–Crippen MR) is 72.7 cm³/mol. The molecule has 1 aromatic heterocycles. The third kappa shape index (κ3) is 2.18. The van der Waals surface area contributed by atoms with Gasteiger partial charge in [-0.15, -0.1) is 0 Å². The molecule has 1 aliphatic rings. The Morgan fingerprint density at radius 1 is 1.50 bits per heavy atom. The van der Waals surface area contributed by atoms with E-state index in [2.05, 4.69) is 4.98 Å². The highest BCUT2D eigenvalue weighted by molar-refractivity contribution is 6.31. The van der Waals surface area contributed by atoms with Crippen molar-refractivity contribution in [1.82, 2.24) is 9.55 Å². The van der Waals surface area contributed by atoms with Crippen LogP contribution in [0.3, 0.4) is 0 Å². The molecule has 0 radical (unpaired) electrons. The minimum Gasteiger partial charge on any atom is -0.381 e. The molecule has 1 aromatic carbocycles. The zero-order valence-corrected chi connectivity index (χ0v) is 10.9. The number of hydrogen-bond donors (Lipinski definition) is 1. The largest absolute Gasteiger partial charge is 0.381 e. The van der Waals surface area contributed by atoms with Crippen LogP contribution >= 0.6 is 11.6 Å². The van der Waals surface area contributed by atoms with E-state index in [-0.39, 0.29) is 0 Å². The Balaban J connectivity index is 1.85. The zero-order chi connectivity index (χ0) is 12.5. The summed E-state index contributed by atoms with van der Waals surface area (Å²) >= 11 is 6.03. The maximum atomic E-state index is 6.03. The predicted octanol–water partition coefficient (Wildman–Crippen LogP) is 2.70. The number of anilines is 1. The number of imidazole rings is 1. The fourth-order valence-corrected chi connectivity index (χ4v) is 2.64. The SMILES string of the molecule is Nc1nc2ccc(Cl)cc2n1CCC1CCOC1. The van der Waals surface area contributed by atoms with Gasteiger partial charge in [0.2, 0.25) is 5.95 Å². The summed E-state index contributed by atoms with van der Waals surface area (Å²) in [6.07, 6.45) is 2.22. The number of aryl methyl sites for hydroxylation is 1. The number of halogens is 1. The molecule has 0 saturated carbocycles. The maximum absolute atomic E-state index is 6.03. The van der Waals surface area contributed by atoms with Crippen LogP contribution in [0.2, 0.25) is 5.02 Å². The van der Waals surface area contributed by atoms with Crippen molar-refractivity contribution < 1.29 is 4.74 Å². The lowest BCUT2D eigenvalue weighted by molar-refractivity contribution is 0.183. The number of benzene rings is 1. The van der Waals surface area contributed by atoms with Gasteiger partial charge in [0.15, 0.2) is 0 Å². The Hall–Kier alpha value is -1.26. The monoisotopic (exact) mass is 265 g/mol. The molecule has 18 heavy (non-hydrogen) atoms. The summed E-state index contributed by atoms with van der Waals surface area (Å²) in [4.78, 5) is 4.35. The Bertz CT molecular complexity index is 561. The summed E-state index contributed by atoms with van der Waals surface area (Å²) in [5, 5.41) is 0.716. The van der Waals surface area contributed by atoms with Crippen molar-refractivity contribution in [2.24, 2.45) is 5.92 Å². The van der Waals surface area contributed by atoms with Crippen LogP contribution < -0.4 is 5.73 Å². The molecule has 3 rings (SSSR count). The smallest absolute Gasteiger partial charge is 0.201 e. The van der Waals surface area contributed by atoms with Crippen molar-refractivity contribution in [1.29, 1.82) is 0 Å². The van der Waals surface area contributed by atoms with Crippen LogP contribution in [0.15, 0.2) is 18.2 Å². The molecule has 5 heteroatoms. The van der Waals surface area contributed by atoms with Crippen molar-refractivity contribution in [3.05, 3.63) is 23.2 Å². The molecule has 96 valence electrons. The molecular weight excluding hydrogens is 250 g/mol. The molecule has 1 fully saturated rings. The van der Waals surface area contributed by atoms with E-state index in [0.717, 1.165) is 43.6 Å². The summed E-state index contributed by atoms with van der Waals surface area (Å²) in [6, 6.07) is 5.67. The number of ether oxygens (including phenoxy) is 1. The van der Waals surface area contributed by atoms with Gasteiger partial charge in [0.05, 0.1) is 11.0 Å². The number of rotatable bonds is 3. The van der Waals surface area contributed by atoms with Gasteiger partial charge in [0, 0.05) is 24.8 Å². The van der Waals surface area contributed by atoms with Gasteiger partial charge < -0.3 is 15.0 Å². The lowest BCUT2D eigenvalue weighted by atomic mass is 10.1. The van der Waals surface area contributed by atoms with Gasteiger partial charge in [0.25, 0.3) is 0 Å². The molecule has 1 aliphatic heterocycles. The number of nitrogens with zero attached hydrogens (tertiary/aromatic N) is 2. The summed E-state index contributed by atoms with van der Waals surface area (Å²) in [7, 11) is 0. The van der Waals surface area contributed by atoms with E-state index >= 15 is 0 Å². The molecular formula is C13H16ClN3O. The third-order valence-corrected chi connectivity index (χ3v) is 3.76. The average molecular weight is 266 g/mol. The van der Waals surface area contributed by atoms with Crippen LogP contribution in [0.4, 0.5) is 5.95 Å². The molecule has 2 N–H and O–H groups in total. The fourth-order valence-electron chi connectivity index (χ4n) is 2.47. The van der Waals surface area contributed by atoms with Crippen molar-refractivity contribution in [3.63, 3.8) is 0 Å². The van der Waals surface area contributed by atoms with Crippen LogP contribution in [0.25, 0.3) is 11.0 Å². The highest BCUT2D eigenvalue weighted by Gasteiger charge is 2.16. The van der Waals surface area contributed by atoms with Gasteiger partial charge in [0.1, 0.15) is 0 Å². The molecule has 2 aromatic rings. The first-order chi connectivity index (χ1) is 8.74. The van der Waals surface area contributed by atoms with Gasteiger partial charge >= 0.3 is 0 Å². The van der Waals surface area contributed by atoms with E-state index in [1.54, 1.807) is 0 Å². The molecule has 1 unspecified atom stereocenters. The summed E-state index contributed by atoms with van der Waals surface area (Å²) in [5.41, 5.74) is 7.88. The quantitative estimate of drug-likeness (QED) is 0.928. The van der Waals surface area contributed by atoms with E-state index in [0.29, 0.717) is 16.9 Å². The summed E-state index contributed by atoms with van der Waals surface area (Å²) in [5.74, 6) is 1.20. The molecule has 2 heterocycles. The lowest BCUT2D eigenvalue weighted by Gasteiger charge is -2.10. The number of fused-ring (bicyclic) bond motifs is 1. The van der Waals surface area contributed by atoms with Crippen LogP contribution in [0, 0.1) is 5.92 Å². The van der Waals surface area contributed by atoms with E-state index in [9.17, 15) is 0 Å². The van der Waals surface area contributed by atoms with E-state index in [1.807, 2.05) is 22.8 Å². The lowest BCUT2D eigenvalue weighted by Crippen LogP contribution is -2.08. The van der Waals surface area contributed by atoms with Crippen molar-refractivity contribution in [2.45, 2.75) is 19.4 Å². The minimum absolute atomic E-state index is 0.561. The molecule has 0 aliphatic carbocycles. The second-order valence-corrected chi connectivity index (χ2v) is 5.21. The minimum atomic E-state index is 0.561. The van der Waals surface area contributed by atoms with Crippen LogP contribution in [0.5, 0.6) is 0 Å². The zero-order valence-electron chi connectivity index (χ0n) is 10.1. The standard InChI is InChI=1S/C13H16ClN3O/c14-10-1-2-11-12(7-10)17(13(15)16-11)5-3-9-4-6-18-8-9/h1-2,7,9H,3-6,8H2,(H2,15,16). The van der Waals surface area contributed by atoms with E-state index in [4.69, 9.17) is 22.1 Å². The Kier molecular flexibility index (Phi) is 3.14. The summed E-state index contributed by atoms with van der Waals surface area (Å²) < 4.78 is 7.43. The Morgan fingerprint density at radius 3 is 3.17 bits per heavy atom. The normalized spacial score (nSPS) is 19.7. The molecule has 4 nitrogen and oxygen atoms in total. The third-order valence-electron chi connectivity index (χ3n) is 3.52. The van der Waals surface area contributed by atoms with Gasteiger partial charge in [-0.1, -0.05) is 11.6 Å². The number of nitrogen functional groups attached to an aromatic ring is 1. The first kappa shape index (κ1) is 11.8. The highest BCUT2D eigenvalue weighted by Crippen LogP contribution is 2.24.